The summed E-state index contributed by atoms with van der Waals surface area (Å²) in [5.41, 5.74) is -0.400. The Kier molecular flexibility index (Phi) is 3.50. The lowest BCUT2D eigenvalue weighted by Gasteiger charge is -2.10. The molecule has 0 saturated heterocycles. The first-order valence-electron chi connectivity index (χ1n) is 6.18. The van der Waals surface area contributed by atoms with E-state index in [0.717, 1.165) is 0 Å². The van der Waals surface area contributed by atoms with Gasteiger partial charge in [0.2, 0.25) is 0 Å². The van der Waals surface area contributed by atoms with E-state index in [-0.39, 0.29) is 17.4 Å². The molecule has 1 N–H and O–H groups in total. The minimum absolute atomic E-state index is 0.00409. The zero-order valence-electron chi connectivity index (χ0n) is 11.4. The molecule has 2 rings (SSSR count). The second-order valence-electron chi connectivity index (χ2n) is 4.95. The van der Waals surface area contributed by atoms with E-state index in [2.05, 4.69) is 4.98 Å². The van der Waals surface area contributed by atoms with Gasteiger partial charge in [-0.25, -0.2) is 4.98 Å². The maximum Gasteiger partial charge on any atom is 0.435 e. The molecule has 0 bridgehead atoms. The number of benzene rings is 1. The van der Waals surface area contributed by atoms with Crippen molar-refractivity contribution >= 4 is 0 Å². The fourth-order valence-electron chi connectivity index (χ4n) is 2.08. The molecule has 0 fully saturated rings. The van der Waals surface area contributed by atoms with Crippen molar-refractivity contribution in [2.75, 3.05) is 0 Å². The van der Waals surface area contributed by atoms with Gasteiger partial charge in [0, 0.05) is 11.5 Å². The van der Waals surface area contributed by atoms with E-state index in [1.165, 1.54) is 0 Å². The molecule has 3 nitrogen and oxygen atoms in total. The molecule has 0 radical (unpaired) electrons. The van der Waals surface area contributed by atoms with Crippen molar-refractivity contribution in [2.45, 2.75) is 32.9 Å². The smallest absolute Gasteiger partial charge is 0.427 e. The van der Waals surface area contributed by atoms with E-state index in [0.29, 0.717) is 15.9 Å². The van der Waals surface area contributed by atoms with Crippen LogP contribution in [0.15, 0.2) is 24.3 Å². The lowest BCUT2D eigenvalue weighted by Crippen LogP contribution is -2.09. The molecule has 0 amide bonds. The largest absolute Gasteiger partial charge is 0.435 e. The van der Waals surface area contributed by atoms with Gasteiger partial charge in [0.05, 0.1) is 0 Å². The van der Waals surface area contributed by atoms with Gasteiger partial charge in [0.25, 0.3) is 0 Å². The number of imidazole rings is 1. The van der Waals surface area contributed by atoms with Gasteiger partial charge >= 0.3 is 6.18 Å². The minimum Gasteiger partial charge on any atom is -0.427 e. The molecule has 0 aliphatic carbocycles. The molecule has 20 heavy (non-hydrogen) atoms. The number of hydrogen-bond donors (Lipinski definition) is 1. The number of hydrogen-bond acceptors (Lipinski definition) is 2. The lowest BCUT2D eigenvalue weighted by atomic mass is 10.0. The van der Waals surface area contributed by atoms with Gasteiger partial charge in [-0.05, 0) is 12.5 Å². The standard InChI is InChI=1S/C14H15F3N2O/c1-8(2)13-18-12(14(15,16)17)11(19(13)20)10-7-5-4-6-9(10)3/h4-8,20H,1-3H3. The highest BCUT2D eigenvalue weighted by molar-refractivity contribution is 5.67. The molecular weight excluding hydrogens is 269 g/mol. The van der Waals surface area contributed by atoms with Crippen molar-refractivity contribution in [3.05, 3.63) is 41.3 Å². The topological polar surface area (TPSA) is 38.0 Å². The molecule has 6 heteroatoms. The van der Waals surface area contributed by atoms with Gasteiger partial charge in [0.1, 0.15) is 11.5 Å². The zero-order chi connectivity index (χ0) is 15.1. The summed E-state index contributed by atoms with van der Waals surface area (Å²) < 4.78 is 40.0. The molecule has 108 valence electrons. The Morgan fingerprint density at radius 1 is 1.20 bits per heavy atom. The zero-order valence-corrected chi connectivity index (χ0v) is 11.4. The molecule has 1 heterocycles. The van der Waals surface area contributed by atoms with Gasteiger partial charge in [-0.3, -0.25) is 0 Å². The lowest BCUT2D eigenvalue weighted by molar-refractivity contribution is -0.140. The van der Waals surface area contributed by atoms with Crippen LogP contribution in [-0.4, -0.2) is 14.9 Å². The molecule has 0 aliphatic rings. The Bertz CT molecular complexity index is 630. The number of aromatic nitrogens is 2. The third-order valence-electron chi connectivity index (χ3n) is 3.06. The summed E-state index contributed by atoms with van der Waals surface area (Å²) in [4.78, 5) is 3.59. The van der Waals surface area contributed by atoms with Crippen LogP contribution in [0.5, 0.6) is 0 Å². The Morgan fingerprint density at radius 2 is 1.80 bits per heavy atom. The van der Waals surface area contributed by atoms with Crippen LogP contribution in [0, 0.1) is 6.92 Å². The molecule has 0 unspecified atom stereocenters. The number of nitrogens with zero attached hydrogens (tertiary/aromatic N) is 2. The average Bonchev–Trinajstić information content (AvgIpc) is 2.67. The summed E-state index contributed by atoms with van der Waals surface area (Å²) in [6.45, 7) is 5.05. The van der Waals surface area contributed by atoms with Crippen LogP contribution in [-0.2, 0) is 6.18 Å². The molecule has 2 aromatic rings. The van der Waals surface area contributed by atoms with Crippen molar-refractivity contribution in [1.82, 2.24) is 9.71 Å². The molecular formula is C14H15F3N2O. The van der Waals surface area contributed by atoms with E-state index < -0.39 is 11.9 Å². The van der Waals surface area contributed by atoms with E-state index in [1.54, 1.807) is 45.0 Å². The Hall–Kier alpha value is -1.98. The van der Waals surface area contributed by atoms with Gasteiger partial charge in [-0.1, -0.05) is 38.1 Å². The van der Waals surface area contributed by atoms with Crippen molar-refractivity contribution in [1.29, 1.82) is 0 Å². The maximum atomic E-state index is 13.1. The Morgan fingerprint density at radius 3 is 2.30 bits per heavy atom. The van der Waals surface area contributed by atoms with Crippen LogP contribution in [0.2, 0.25) is 0 Å². The molecule has 1 aromatic heterocycles. The highest BCUT2D eigenvalue weighted by Gasteiger charge is 2.40. The monoisotopic (exact) mass is 284 g/mol. The minimum atomic E-state index is -4.62. The Labute approximate surface area is 114 Å². The van der Waals surface area contributed by atoms with Crippen molar-refractivity contribution in [3.63, 3.8) is 0 Å². The normalized spacial score (nSPS) is 12.2. The predicted molar refractivity (Wildman–Crippen MR) is 68.7 cm³/mol. The van der Waals surface area contributed by atoms with Crippen LogP contribution >= 0.6 is 0 Å². The van der Waals surface area contributed by atoms with Crippen molar-refractivity contribution in [2.24, 2.45) is 0 Å². The molecule has 0 aliphatic heterocycles. The van der Waals surface area contributed by atoms with E-state index in [9.17, 15) is 18.4 Å². The maximum absolute atomic E-state index is 13.1. The summed E-state index contributed by atoms with van der Waals surface area (Å²) in [6.07, 6.45) is -4.62. The van der Waals surface area contributed by atoms with Crippen molar-refractivity contribution < 1.29 is 18.4 Å². The number of halogens is 3. The number of alkyl halides is 3. The summed E-state index contributed by atoms with van der Waals surface area (Å²) in [6, 6.07) is 6.59. The Balaban J connectivity index is 2.77. The third kappa shape index (κ3) is 2.37. The van der Waals surface area contributed by atoms with Crippen LogP contribution < -0.4 is 0 Å². The second-order valence-corrected chi connectivity index (χ2v) is 4.95. The molecule has 0 atom stereocenters. The van der Waals surface area contributed by atoms with Crippen LogP contribution in [0.25, 0.3) is 11.3 Å². The first-order valence-corrected chi connectivity index (χ1v) is 6.18. The SMILES string of the molecule is Cc1ccccc1-c1c(C(F)(F)F)nc(C(C)C)n1O. The van der Waals surface area contributed by atoms with Crippen LogP contribution in [0.4, 0.5) is 13.2 Å². The highest BCUT2D eigenvalue weighted by Crippen LogP contribution is 2.38. The van der Waals surface area contributed by atoms with Gasteiger partial charge in [-0.15, -0.1) is 0 Å². The molecule has 0 saturated carbocycles. The van der Waals surface area contributed by atoms with E-state index in [4.69, 9.17) is 0 Å². The number of aryl methyl sites for hydroxylation is 1. The first-order chi connectivity index (χ1) is 9.23. The summed E-state index contributed by atoms with van der Waals surface area (Å²) in [5.74, 6) is -0.325. The van der Waals surface area contributed by atoms with E-state index in [1.807, 2.05) is 0 Å². The van der Waals surface area contributed by atoms with Gasteiger partial charge in [0.15, 0.2) is 5.69 Å². The van der Waals surface area contributed by atoms with Crippen molar-refractivity contribution in [3.8, 4) is 11.3 Å². The van der Waals surface area contributed by atoms with Crippen LogP contribution in [0.3, 0.4) is 0 Å². The fraction of sp³-hybridized carbons (Fsp3) is 0.357. The first kappa shape index (κ1) is 14.4. The average molecular weight is 284 g/mol. The summed E-state index contributed by atoms with van der Waals surface area (Å²) >= 11 is 0. The number of rotatable bonds is 2. The van der Waals surface area contributed by atoms with Crippen LogP contribution in [0.1, 0.15) is 36.8 Å². The van der Waals surface area contributed by atoms with Gasteiger partial charge in [-0.2, -0.15) is 17.9 Å². The quantitative estimate of drug-likeness (QED) is 0.838. The third-order valence-corrected chi connectivity index (χ3v) is 3.06. The fourth-order valence-corrected chi connectivity index (χ4v) is 2.08. The second kappa shape index (κ2) is 4.85. The molecule has 0 spiro atoms. The summed E-state index contributed by atoms with van der Waals surface area (Å²) in [7, 11) is 0. The van der Waals surface area contributed by atoms with E-state index >= 15 is 0 Å². The predicted octanol–water partition coefficient (Wildman–Crippen LogP) is 4.24. The molecule has 1 aromatic carbocycles. The summed E-state index contributed by atoms with van der Waals surface area (Å²) in [5, 5.41) is 10.1. The van der Waals surface area contributed by atoms with Gasteiger partial charge < -0.3 is 5.21 Å². The highest BCUT2D eigenvalue weighted by atomic mass is 19.4.